The Bertz CT molecular complexity index is 1010. The largest absolute Gasteiger partial charge is 0.477 e. The van der Waals surface area contributed by atoms with Gasteiger partial charge in [0.25, 0.3) is 0 Å². The molecule has 1 heterocycles. The summed E-state index contributed by atoms with van der Waals surface area (Å²) in [6, 6.07) is 25.7. The Hall–Kier alpha value is -3.40. The predicted molar refractivity (Wildman–Crippen MR) is 106 cm³/mol. The van der Waals surface area contributed by atoms with Gasteiger partial charge >= 0.3 is 0 Å². The van der Waals surface area contributed by atoms with Gasteiger partial charge < -0.3 is 9.47 Å². The summed E-state index contributed by atoms with van der Waals surface area (Å²) in [5.74, 6) is 2.50. The van der Waals surface area contributed by atoms with Crippen molar-refractivity contribution in [2.45, 2.75) is 12.8 Å². The zero-order valence-corrected chi connectivity index (χ0v) is 15.1. The summed E-state index contributed by atoms with van der Waals surface area (Å²) >= 11 is 0. The van der Waals surface area contributed by atoms with E-state index < -0.39 is 0 Å². The van der Waals surface area contributed by atoms with Gasteiger partial charge in [0.15, 0.2) is 0 Å². The van der Waals surface area contributed by atoms with Crippen LogP contribution in [-0.4, -0.2) is 16.6 Å². The molecule has 0 aliphatic heterocycles. The number of nitrogens with zero attached hydrogens (tertiary/aromatic N) is 2. The van der Waals surface area contributed by atoms with Gasteiger partial charge in [-0.3, -0.25) is 0 Å². The topological polar surface area (TPSA) is 44.2 Å². The highest BCUT2D eigenvalue weighted by Gasteiger charge is 2.10. The molecule has 0 aliphatic carbocycles. The Kier molecular flexibility index (Phi) is 4.97. The number of aromatic nitrogens is 2. The van der Waals surface area contributed by atoms with E-state index in [0.717, 1.165) is 22.4 Å². The molecule has 3 aromatic carbocycles. The summed E-state index contributed by atoms with van der Waals surface area (Å²) in [5.41, 5.74) is 2.08. The van der Waals surface area contributed by atoms with Crippen LogP contribution in [0.4, 0.5) is 0 Å². The first-order chi connectivity index (χ1) is 13.3. The monoisotopic (exact) mass is 356 g/mol. The van der Waals surface area contributed by atoms with Crippen LogP contribution in [0.5, 0.6) is 17.4 Å². The van der Waals surface area contributed by atoms with Crippen molar-refractivity contribution in [1.29, 1.82) is 0 Å². The van der Waals surface area contributed by atoms with Crippen molar-refractivity contribution in [3.63, 3.8) is 0 Å². The number of hydrogen-bond acceptors (Lipinski definition) is 4. The summed E-state index contributed by atoms with van der Waals surface area (Å²) in [5, 5.41) is 0.929. The highest BCUT2D eigenvalue weighted by molar-refractivity contribution is 5.82. The minimum atomic E-state index is 0.226. The molecule has 4 heteroatoms. The van der Waals surface area contributed by atoms with Crippen molar-refractivity contribution < 1.29 is 9.47 Å². The third-order valence-electron chi connectivity index (χ3n) is 4.40. The van der Waals surface area contributed by atoms with Gasteiger partial charge in [0.2, 0.25) is 5.88 Å². The van der Waals surface area contributed by atoms with E-state index in [2.05, 4.69) is 29.0 Å². The molecule has 1 aromatic heterocycles. The molecular formula is C23H20N2O2. The van der Waals surface area contributed by atoms with Crippen molar-refractivity contribution >= 4 is 10.9 Å². The highest BCUT2D eigenvalue weighted by Crippen LogP contribution is 2.26. The summed E-state index contributed by atoms with van der Waals surface area (Å²) < 4.78 is 11.8. The van der Waals surface area contributed by atoms with Gasteiger partial charge in [-0.2, -0.15) is 0 Å². The van der Waals surface area contributed by atoms with Gasteiger partial charge in [0.1, 0.15) is 17.8 Å². The van der Waals surface area contributed by atoms with Crippen LogP contribution in [0.1, 0.15) is 18.4 Å². The first kappa shape index (κ1) is 17.0. The normalized spacial score (nSPS) is 11.9. The van der Waals surface area contributed by atoms with Crippen LogP contribution in [0.15, 0.2) is 85.2 Å². The summed E-state index contributed by atoms with van der Waals surface area (Å²) in [6.07, 6.45) is 1.54. The predicted octanol–water partition coefficient (Wildman–Crippen LogP) is 5.60. The molecule has 0 saturated carbocycles. The Labute approximate surface area is 158 Å². The molecule has 27 heavy (non-hydrogen) atoms. The Morgan fingerprint density at radius 1 is 0.778 bits per heavy atom. The van der Waals surface area contributed by atoms with Crippen molar-refractivity contribution in [1.82, 2.24) is 9.97 Å². The maximum atomic E-state index is 5.98. The number of para-hydroxylation sites is 2. The van der Waals surface area contributed by atoms with Crippen LogP contribution in [-0.2, 0) is 0 Å². The maximum absolute atomic E-state index is 5.98. The van der Waals surface area contributed by atoms with E-state index >= 15 is 0 Å². The summed E-state index contributed by atoms with van der Waals surface area (Å²) in [7, 11) is 0. The molecule has 0 N–H and O–H groups in total. The minimum Gasteiger partial charge on any atom is -0.477 e. The van der Waals surface area contributed by atoms with E-state index in [1.165, 1.54) is 11.9 Å². The Morgan fingerprint density at radius 2 is 1.48 bits per heavy atom. The van der Waals surface area contributed by atoms with Crippen molar-refractivity contribution in [2.24, 2.45) is 0 Å². The minimum absolute atomic E-state index is 0.226. The molecule has 0 radical (unpaired) electrons. The van der Waals surface area contributed by atoms with E-state index in [-0.39, 0.29) is 5.92 Å². The number of hydrogen-bond donors (Lipinski definition) is 0. The van der Waals surface area contributed by atoms with Crippen molar-refractivity contribution in [3.8, 4) is 17.4 Å². The van der Waals surface area contributed by atoms with E-state index in [0.29, 0.717) is 12.5 Å². The highest BCUT2D eigenvalue weighted by atomic mass is 16.5. The van der Waals surface area contributed by atoms with E-state index in [1.807, 2.05) is 66.7 Å². The fraction of sp³-hybridized carbons (Fsp3) is 0.130. The lowest BCUT2D eigenvalue weighted by molar-refractivity contribution is 0.288. The average Bonchev–Trinajstić information content (AvgIpc) is 2.73. The zero-order chi connectivity index (χ0) is 18.5. The van der Waals surface area contributed by atoms with Crippen LogP contribution in [0.25, 0.3) is 10.9 Å². The van der Waals surface area contributed by atoms with Crippen molar-refractivity contribution in [2.75, 3.05) is 6.61 Å². The van der Waals surface area contributed by atoms with Crippen LogP contribution in [0, 0.1) is 0 Å². The third-order valence-corrected chi connectivity index (χ3v) is 4.40. The van der Waals surface area contributed by atoms with Crippen LogP contribution in [0.2, 0.25) is 0 Å². The van der Waals surface area contributed by atoms with E-state index in [9.17, 15) is 0 Å². The maximum Gasteiger partial charge on any atom is 0.224 e. The average molecular weight is 356 g/mol. The first-order valence-corrected chi connectivity index (χ1v) is 8.95. The summed E-state index contributed by atoms with van der Waals surface area (Å²) in [6.45, 7) is 2.68. The number of benzene rings is 3. The second-order valence-corrected chi connectivity index (χ2v) is 6.39. The lowest BCUT2D eigenvalue weighted by atomic mass is 10.0. The van der Waals surface area contributed by atoms with Gasteiger partial charge in [0.05, 0.1) is 17.5 Å². The molecule has 0 bridgehead atoms. The van der Waals surface area contributed by atoms with Gasteiger partial charge in [0, 0.05) is 5.92 Å². The van der Waals surface area contributed by atoms with Gasteiger partial charge in [-0.1, -0.05) is 49.4 Å². The van der Waals surface area contributed by atoms with Crippen LogP contribution >= 0.6 is 0 Å². The first-order valence-electron chi connectivity index (χ1n) is 8.95. The van der Waals surface area contributed by atoms with Crippen LogP contribution in [0.3, 0.4) is 0 Å². The molecule has 0 aliphatic rings. The quantitative estimate of drug-likeness (QED) is 0.451. The van der Waals surface area contributed by atoms with Gasteiger partial charge in [-0.25, -0.2) is 9.97 Å². The number of ether oxygens (including phenoxy) is 2. The van der Waals surface area contributed by atoms with E-state index in [1.54, 1.807) is 0 Å². The lowest BCUT2D eigenvalue weighted by Crippen LogP contribution is -2.08. The zero-order valence-electron chi connectivity index (χ0n) is 15.1. The molecule has 1 atom stereocenters. The van der Waals surface area contributed by atoms with Gasteiger partial charge in [-0.15, -0.1) is 0 Å². The standard InChI is InChI=1S/C23H20N2O2/c1-17(15-26-23-21-9-5-6-10-22(21)24-16-25-23)18-11-13-20(14-12-18)27-19-7-3-2-4-8-19/h2-14,16-17H,15H2,1H3. The molecule has 0 saturated heterocycles. The van der Waals surface area contributed by atoms with Crippen molar-refractivity contribution in [3.05, 3.63) is 90.8 Å². The van der Waals surface area contributed by atoms with Gasteiger partial charge in [-0.05, 0) is 42.0 Å². The fourth-order valence-electron chi connectivity index (χ4n) is 2.88. The summed E-state index contributed by atoms with van der Waals surface area (Å²) in [4.78, 5) is 8.55. The molecule has 0 amide bonds. The third kappa shape index (κ3) is 4.06. The second kappa shape index (κ2) is 7.87. The molecule has 0 spiro atoms. The molecule has 0 fully saturated rings. The molecule has 4 aromatic rings. The molecule has 1 unspecified atom stereocenters. The number of fused-ring (bicyclic) bond motifs is 1. The SMILES string of the molecule is CC(COc1ncnc2ccccc12)c1ccc(Oc2ccccc2)cc1. The Balaban J connectivity index is 1.41. The van der Waals surface area contributed by atoms with Crippen LogP contribution < -0.4 is 9.47 Å². The molecular weight excluding hydrogens is 336 g/mol. The Morgan fingerprint density at radius 3 is 2.30 bits per heavy atom. The smallest absolute Gasteiger partial charge is 0.224 e. The second-order valence-electron chi connectivity index (χ2n) is 6.39. The molecule has 4 rings (SSSR count). The van der Waals surface area contributed by atoms with E-state index in [4.69, 9.17) is 9.47 Å². The lowest BCUT2D eigenvalue weighted by Gasteiger charge is -2.14. The molecule has 4 nitrogen and oxygen atoms in total. The fourth-order valence-corrected chi connectivity index (χ4v) is 2.88. The number of rotatable bonds is 6. The molecule has 134 valence electrons.